The summed E-state index contributed by atoms with van der Waals surface area (Å²) in [5.41, 5.74) is 3.22. The van der Waals surface area contributed by atoms with E-state index in [1.54, 1.807) is 24.3 Å². The molecular formula is C20H21ClN4O3S2. The summed E-state index contributed by atoms with van der Waals surface area (Å²) in [4.78, 5) is 12.8. The van der Waals surface area contributed by atoms with E-state index in [0.29, 0.717) is 15.7 Å². The summed E-state index contributed by atoms with van der Waals surface area (Å²) in [5, 5.41) is 12.2. The summed E-state index contributed by atoms with van der Waals surface area (Å²) in [5.74, 6) is -0.502. The van der Waals surface area contributed by atoms with Crippen molar-refractivity contribution in [3.05, 3.63) is 58.6 Å². The van der Waals surface area contributed by atoms with Gasteiger partial charge in [-0.05, 0) is 56.2 Å². The number of halogens is 1. The van der Waals surface area contributed by atoms with Crippen molar-refractivity contribution in [1.82, 2.24) is 10.2 Å². The molecule has 1 atom stereocenters. The van der Waals surface area contributed by atoms with Crippen LogP contribution in [-0.2, 0) is 14.8 Å². The Hall–Kier alpha value is -2.49. The van der Waals surface area contributed by atoms with E-state index in [4.69, 9.17) is 11.6 Å². The Bertz CT molecular complexity index is 1180. The molecule has 1 heterocycles. The van der Waals surface area contributed by atoms with Gasteiger partial charge in [0, 0.05) is 10.6 Å². The highest BCUT2D eigenvalue weighted by molar-refractivity contribution is 7.92. The van der Waals surface area contributed by atoms with Gasteiger partial charge in [-0.15, -0.1) is 10.2 Å². The molecule has 1 N–H and O–H groups in total. The second-order valence-electron chi connectivity index (χ2n) is 6.91. The second kappa shape index (κ2) is 8.71. The topological polar surface area (TPSA) is 92.3 Å². The average Bonchev–Trinajstić information content (AvgIpc) is 3.12. The SMILES string of the molecule is Cc1ccc(N([C@@H](C)C(=O)Nc2nnc(-c3ccc(Cl)cc3)s2)S(C)(=O)=O)cc1C. The Balaban J connectivity index is 1.82. The molecule has 0 saturated carbocycles. The maximum atomic E-state index is 12.8. The van der Waals surface area contributed by atoms with E-state index < -0.39 is 22.0 Å². The molecule has 30 heavy (non-hydrogen) atoms. The van der Waals surface area contributed by atoms with Gasteiger partial charge in [0.1, 0.15) is 11.0 Å². The third kappa shape index (κ3) is 4.97. The number of nitrogens with zero attached hydrogens (tertiary/aromatic N) is 3. The molecule has 158 valence electrons. The van der Waals surface area contributed by atoms with E-state index in [2.05, 4.69) is 15.5 Å². The molecule has 0 bridgehead atoms. The van der Waals surface area contributed by atoms with Crippen LogP contribution in [0, 0.1) is 13.8 Å². The molecule has 0 saturated heterocycles. The number of rotatable bonds is 6. The van der Waals surface area contributed by atoms with Crippen LogP contribution in [0.1, 0.15) is 18.1 Å². The first-order valence-corrected chi connectivity index (χ1v) is 12.1. The summed E-state index contributed by atoms with van der Waals surface area (Å²) < 4.78 is 26.0. The number of nitrogens with one attached hydrogen (secondary N) is 1. The second-order valence-corrected chi connectivity index (χ2v) is 10.2. The average molecular weight is 465 g/mol. The van der Waals surface area contributed by atoms with E-state index in [-0.39, 0.29) is 5.13 Å². The number of aryl methyl sites for hydroxylation is 2. The monoisotopic (exact) mass is 464 g/mol. The Morgan fingerprint density at radius 1 is 1.10 bits per heavy atom. The van der Waals surface area contributed by atoms with Crippen molar-refractivity contribution >= 4 is 49.7 Å². The molecule has 3 rings (SSSR count). The first-order chi connectivity index (χ1) is 14.1. The minimum absolute atomic E-state index is 0.283. The van der Waals surface area contributed by atoms with Gasteiger partial charge in [-0.25, -0.2) is 8.42 Å². The Kier molecular flexibility index (Phi) is 6.44. The number of amides is 1. The highest BCUT2D eigenvalue weighted by Crippen LogP contribution is 2.28. The minimum Gasteiger partial charge on any atom is -0.299 e. The Morgan fingerprint density at radius 3 is 2.37 bits per heavy atom. The Morgan fingerprint density at radius 2 is 1.77 bits per heavy atom. The van der Waals surface area contributed by atoms with Crippen molar-refractivity contribution in [1.29, 1.82) is 0 Å². The zero-order chi connectivity index (χ0) is 22.1. The largest absolute Gasteiger partial charge is 0.299 e. The number of anilines is 2. The number of carbonyl (C=O) groups is 1. The van der Waals surface area contributed by atoms with Gasteiger partial charge in [-0.3, -0.25) is 14.4 Å². The number of sulfonamides is 1. The third-order valence-corrected chi connectivity index (χ3v) is 6.96. The number of aromatic nitrogens is 2. The van der Waals surface area contributed by atoms with E-state index in [1.807, 2.05) is 32.0 Å². The number of hydrogen-bond acceptors (Lipinski definition) is 6. The molecule has 0 radical (unpaired) electrons. The summed E-state index contributed by atoms with van der Waals surface area (Å²) in [7, 11) is -3.70. The molecule has 3 aromatic rings. The fourth-order valence-corrected chi connectivity index (χ4v) is 4.91. The number of benzene rings is 2. The maximum Gasteiger partial charge on any atom is 0.249 e. The smallest absolute Gasteiger partial charge is 0.249 e. The van der Waals surface area contributed by atoms with Crippen LogP contribution < -0.4 is 9.62 Å². The summed E-state index contributed by atoms with van der Waals surface area (Å²) in [6.45, 7) is 5.37. The van der Waals surface area contributed by atoms with Crippen molar-refractivity contribution < 1.29 is 13.2 Å². The molecule has 0 unspecified atom stereocenters. The van der Waals surface area contributed by atoms with Gasteiger partial charge in [0.05, 0.1) is 11.9 Å². The van der Waals surface area contributed by atoms with Crippen molar-refractivity contribution in [3.8, 4) is 10.6 Å². The van der Waals surface area contributed by atoms with Crippen molar-refractivity contribution in [3.63, 3.8) is 0 Å². The zero-order valence-electron chi connectivity index (χ0n) is 16.9. The molecule has 0 spiro atoms. The van der Waals surface area contributed by atoms with Crippen LogP contribution in [0.25, 0.3) is 10.6 Å². The van der Waals surface area contributed by atoms with Gasteiger partial charge >= 0.3 is 0 Å². The molecule has 0 fully saturated rings. The zero-order valence-corrected chi connectivity index (χ0v) is 19.3. The van der Waals surface area contributed by atoms with Crippen LogP contribution in [0.3, 0.4) is 0 Å². The molecular weight excluding hydrogens is 444 g/mol. The van der Waals surface area contributed by atoms with Crippen molar-refractivity contribution in [2.24, 2.45) is 0 Å². The number of hydrogen-bond donors (Lipinski definition) is 1. The van der Waals surface area contributed by atoms with Gasteiger partial charge in [0.2, 0.25) is 21.1 Å². The summed E-state index contributed by atoms with van der Waals surface area (Å²) in [6.07, 6.45) is 1.08. The van der Waals surface area contributed by atoms with E-state index in [0.717, 1.165) is 27.3 Å². The van der Waals surface area contributed by atoms with Gasteiger partial charge in [0.15, 0.2) is 0 Å². The highest BCUT2D eigenvalue weighted by Gasteiger charge is 2.30. The molecule has 1 aromatic heterocycles. The molecule has 0 aliphatic rings. The van der Waals surface area contributed by atoms with Crippen LogP contribution >= 0.6 is 22.9 Å². The van der Waals surface area contributed by atoms with Crippen LogP contribution in [-0.4, -0.2) is 36.8 Å². The van der Waals surface area contributed by atoms with Gasteiger partial charge in [-0.1, -0.05) is 41.1 Å². The summed E-state index contributed by atoms with van der Waals surface area (Å²) >= 11 is 7.09. The van der Waals surface area contributed by atoms with Crippen LogP contribution in [0.4, 0.5) is 10.8 Å². The Labute approximate surface area is 184 Å². The van der Waals surface area contributed by atoms with Crippen molar-refractivity contribution in [2.45, 2.75) is 26.8 Å². The lowest BCUT2D eigenvalue weighted by atomic mass is 10.1. The molecule has 0 aliphatic carbocycles. The third-order valence-electron chi connectivity index (χ3n) is 4.58. The quantitative estimate of drug-likeness (QED) is 0.588. The lowest BCUT2D eigenvalue weighted by Gasteiger charge is -2.28. The predicted molar refractivity (Wildman–Crippen MR) is 122 cm³/mol. The molecule has 10 heteroatoms. The first kappa shape index (κ1) is 22.2. The lowest BCUT2D eigenvalue weighted by molar-refractivity contribution is -0.116. The fourth-order valence-electron chi connectivity index (χ4n) is 2.86. The minimum atomic E-state index is -3.70. The van der Waals surface area contributed by atoms with Crippen LogP contribution in [0.2, 0.25) is 5.02 Å². The van der Waals surface area contributed by atoms with E-state index in [9.17, 15) is 13.2 Å². The van der Waals surface area contributed by atoms with Crippen LogP contribution in [0.15, 0.2) is 42.5 Å². The summed E-state index contributed by atoms with van der Waals surface area (Å²) in [6, 6.07) is 11.4. The highest BCUT2D eigenvalue weighted by atomic mass is 35.5. The molecule has 7 nitrogen and oxygen atoms in total. The van der Waals surface area contributed by atoms with E-state index in [1.165, 1.54) is 18.3 Å². The van der Waals surface area contributed by atoms with Crippen LogP contribution in [0.5, 0.6) is 0 Å². The molecule has 2 aromatic carbocycles. The lowest BCUT2D eigenvalue weighted by Crippen LogP contribution is -2.45. The standard InChI is InChI=1S/C20H21ClN4O3S2/c1-12-5-10-17(11-13(12)2)25(30(4,27)28)14(3)18(26)22-20-24-23-19(29-20)15-6-8-16(21)9-7-15/h5-11,14H,1-4H3,(H,22,24,26)/t14-/m0/s1. The maximum absolute atomic E-state index is 12.8. The van der Waals surface area contributed by atoms with Gasteiger partial charge in [0.25, 0.3) is 0 Å². The first-order valence-electron chi connectivity index (χ1n) is 9.03. The number of carbonyl (C=O) groups excluding carboxylic acids is 1. The van der Waals surface area contributed by atoms with E-state index >= 15 is 0 Å². The fraction of sp³-hybridized carbons (Fsp3) is 0.250. The van der Waals surface area contributed by atoms with Crippen molar-refractivity contribution in [2.75, 3.05) is 15.9 Å². The predicted octanol–water partition coefficient (Wildman–Crippen LogP) is 4.27. The normalized spacial score (nSPS) is 12.4. The molecule has 1 amide bonds. The van der Waals surface area contributed by atoms with Gasteiger partial charge in [-0.2, -0.15) is 0 Å². The van der Waals surface area contributed by atoms with Gasteiger partial charge < -0.3 is 0 Å². The molecule has 0 aliphatic heterocycles.